The summed E-state index contributed by atoms with van der Waals surface area (Å²) in [4.78, 5) is 5.23. The number of aryl methyl sites for hydroxylation is 1. The maximum atomic E-state index is 6.17. The van der Waals surface area contributed by atoms with Crippen LogP contribution in [-0.2, 0) is 5.41 Å². The van der Waals surface area contributed by atoms with Crippen molar-refractivity contribution in [2.45, 2.75) is 33.1 Å². The normalized spacial score (nSPS) is 11.2. The molecule has 0 aliphatic heterocycles. The lowest BCUT2D eigenvalue weighted by Gasteiger charge is -2.14. The lowest BCUT2D eigenvalue weighted by atomic mass is 9.94. The Hall–Kier alpha value is -1.31. The van der Waals surface area contributed by atoms with Crippen molar-refractivity contribution in [1.29, 1.82) is 0 Å². The highest BCUT2D eigenvalue weighted by atomic mass is 35.5. The van der Waals surface area contributed by atoms with Crippen molar-refractivity contribution in [1.82, 2.24) is 10.1 Å². The van der Waals surface area contributed by atoms with Gasteiger partial charge in [-0.1, -0.05) is 43.4 Å². The lowest BCUT2D eigenvalue weighted by molar-refractivity contribution is 0.403. The van der Waals surface area contributed by atoms with Crippen LogP contribution in [0.1, 0.15) is 42.9 Å². The quantitative estimate of drug-likeness (QED) is 0.689. The zero-order valence-corrected chi connectivity index (χ0v) is 12.2. The summed E-state index contributed by atoms with van der Waals surface area (Å²) >= 11 is 7.73. The molecule has 0 amide bonds. The largest absolute Gasteiger partial charge is 0.325 e. The minimum Gasteiger partial charge on any atom is -0.325 e. The van der Waals surface area contributed by atoms with E-state index in [0.29, 0.717) is 16.1 Å². The van der Waals surface area contributed by atoms with Gasteiger partial charge in [-0.05, 0) is 18.4 Å². The fraction of sp³-hybridized carbons (Fsp3) is 0.385. The van der Waals surface area contributed by atoms with Gasteiger partial charge in [0, 0.05) is 10.8 Å². The predicted octanol–water partition coefficient (Wildman–Crippen LogP) is 3.79. The Bertz CT molecular complexity index is 625. The molecule has 0 saturated heterocycles. The fourth-order valence-corrected chi connectivity index (χ4v) is 2.54. The lowest BCUT2D eigenvalue weighted by Crippen LogP contribution is -2.07. The SMILES string of the molecule is Cc1noc(C#Cc2cc(C(C)(C)C)sc2Cl)n1. The maximum Gasteiger partial charge on any atom is 0.302 e. The first kappa shape index (κ1) is 13.1. The van der Waals surface area contributed by atoms with Crippen LogP contribution < -0.4 is 0 Å². The molecule has 0 N–H and O–H groups in total. The Kier molecular flexibility index (Phi) is 3.47. The summed E-state index contributed by atoms with van der Waals surface area (Å²) in [5, 5.41) is 3.68. The molecule has 5 heteroatoms. The average Bonchev–Trinajstić information content (AvgIpc) is 2.81. The molecule has 94 valence electrons. The molecule has 0 aromatic carbocycles. The molecule has 0 fully saturated rings. The van der Waals surface area contributed by atoms with Crippen LogP contribution in [0.4, 0.5) is 0 Å². The number of thiophene rings is 1. The van der Waals surface area contributed by atoms with Crippen molar-refractivity contribution in [3.63, 3.8) is 0 Å². The van der Waals surface area contributed by atoms with Crippen LogP contribution in [0.25, 0.3) is 0 Å². The van der Waals surface area contributed by atoms with Gasteiger partial charge in [-0.25, -0.2) is 0 Å². The Morgan fingerprint density at radius 3 is 2.56 bits per heavy atom. The summed E-state index contributed by atoms with van der Waals surface area (Å²) in [7, 11) is 0. The standard InChI is InChI=1S/C13H13ClN2OS/c1-8-15-11(17-16-8)6-5-9-7-10(13(2,3)4)18-12(9)14/h7H,1-4H3. The molecule has 0 unspecified atom stereocenters. The Morgan fingerprint density at radius 1 is 1.33 bits per heavy atom. The van der Waals surface area contributed by atoms with Crippen LogP contribution in [0, 0.1) is 18.8 Å². The molecule has 0 atom stereocenters. The van der Waals surface area contributed by atoms with E-state index in [4.69, 9.17) is 16.1 Å². The second-order valence-electron chi connectivity index (χ2n) is 4.94. The first-order valence-electron chi connectivity index (χ1n) is 5.48. The molecule has 2 heterocycles. The van der Waals surface area contributed by atoms with Gasteiger partial charge in [0.25, 0.3) is 0 Å². The molecule has 0 aliphatic rings. The van der Waals surface area contributed by atoms with Crippen molar-refractivity contribution in [3.8, 4) is 11.8 Å². The van der Waals surface area contributed by atoms with Gasteiger partial charge in [0.15, 0.2) is 5.82 Å². The van der Waals surface area contributed by atoms with E-state index in [1.807, 2.05) is 6.07 Å². The summed E-state index contributed by atoms with van der Waals surface area (Å²) in [5.41, 5.74) is 0.887. The molecule has 2 aromatic rings. The number of aromatic nitrogens is 2. The van der Waals surface area contributed by atoms with Gasteiger partial charge in [0.2, 0.25) is 0 Å². The molecule has 3 nitrogen and oxygen atoms in total. The van der Waals surface area contributed by atoms with Crippen LogP contribution in [-0.4, -0.2) is 10.1 Å². The predicted molar refractivity (Wildman–Crippen MR) is 73.0 cm³/mol. The minimum atomic E-state index is 0.0787. The van der Waals surface area contributed by atoms with E-state index in [0.717, 1.165) is 5.56 Å². The van der Waals surface area contributed by atoms with Crippen LogP contribution in [0.3, 0.4) is 0 Å². The fourth-order valence-electron chi connectivity index (χ4n) is 1.29. The van der Waals surface area contributed by atoms with Gasteiger partial charge < -0.3 is 4.52 Å². The summed E-state index contributed by atoms with van der Waals surface area (Å²) in [6.45, 7) is 8.19. The third-order valence-corrected chi connectivity index (χ3v) is 4.04. The van der Waals surface area contributed by atoms with E-state index in [9.17, 15) is 0 Å². The molecule has 0 saturated carbocycles. The molecule has 0 spiro atoms. The zero-order chi connectivity index (χ0) is 13.3. The summed E-state index contributed by atoms with van der Waals surface area (Å²) in [6, 6.07) is 2.02. The van der Waals surface area contributed by atoms with E-state index in [1.165, 1.54) is 4.88 Å². The number of halogens is 1. The second kappa shape index (κ2) is 4.75. The average molecular weight is 281 g/mol. The number of hydrogen-bond donors (Lipinski definition) is 0. The molecule has 0 aliphatic carbocycles. The Morgan fingerprint density at radius 2 is 2.06 bits per heavy atom. The summed E-state index contributed by atoms with van der Waals surface area (Å²) in [5.74, 6) is 6.67. The van der Waals surface area contributed by atoms with E-state index in [2.05, 4.69) is 42.8 Å². The van der Waals surface area contributed by atoms with Crippen LogP contribution in [0.15, 0.2) is 10.6 Å². The van der Waals surface area contributed by atoms with E-state index in [-0.39, 0.29) is 5.41 Å². The molecular formula is C13H13ClN2OS. The van der Waals surface area contributed by atoms with Gasteiger partial charge in [-0.15, -0.1) is 11.3 Å². The van der Waals surface area contributed by atoms with Gasteiger partial charge in [0.1, 0.15) is 4.34 Å². The van der Waals surface area contributed by atoms with E-state index < -0.39 is 0 Å². The monoisotopic (exact) mass is 280 g/mol. The van der Waals surface area contributed by atoms with Crippen molar-refractivity contribution in [2.75, 3.05) is 0 Å². The minimum absolute atomic E-state index is 0.0787. The second-order valence-corrected chi connectivity index (χ2v) is 6.60. The smallest absolute Gasteiger partial charge is 0.302 e. The van der Waals surface area contributed by atoms with Crippen LogP contribution in [0.5, 0.6) is 0 Å². The highest BCUT2D eigenvalue weighted by Crippen LogP contribution is 2.35. The number of rotatable bonds is 0. The van der Waals surface area contributed by atoms with Crippen molar-refractivity contribution < 1.29 is 4.52 Å². The van der Waals surface area contributed by atoms with Crippen LogP contribution in [0.2, 0.25) is 4.34 Å². The van der Waals surface area contributed by atoms with Crippen molar-refractivity contribution in [2.24, 2.45) is 0 Å². The highest BCUT2D eigenvalue weighted by Gasteiger charge is 2.18. The number of nitrogens with zero attached hydrogens (tertiary/aromatic N) is 2. The van der Waals surface area contributed by atoms with E-state index >= 15 is 0 Å². The summed E-state index contributed by atoms with van der Waals surface area (Å²) in [6.07, 6.45) is 0. The molecule has 0 radical (unpaired) electrons. The first-order chi connectivity index (χ1) is 8.36. The van der Waals surface area contributed by atoms with Crippen LogP contribution >= 0.6 is 22.9 Å². The van der Waals surface area contributed by atoms with Crippen molar-refractivity contribution >= 4 is 22.9 Å². The first-order valence-corrected chi connectivity index (χ1v) is 6.68. The highest BCUT2D eigenvalue weighted by molar-refractivity contribution is 7.16. The topological polar surface area (TPSA) is 38.9 Å². The summed E-state index contributed by atoms with van der Waals surface area (Å²) < 4.78 is 5.62. The molecule has 18 heavy (non-hydrogen) atoms. The Balaban J connectivity index is 2.31. The molecule has 0 bridgehead atoms. The maximum absolute atomic E-state index is 6.17. The van der Waals surface area contributed by atoms with Gasteiger partial charge in [-0.2, -0.15) is 4.98 Å². The third kappa shape index (κ3) is 2.92. The molecular weight excluding hydrogens is 268 g/mol. The third-order valence-electron chi connectivity index (χ3n) is 2.26. The van der Waals surface area contributed by atoms with Gasteiger partial charge in [-0.3, -0.25) is 0 Å². The van der Waals surface area contributed by atoms with E-state index in [1.54, 1.807) is 18.3 Å². The zero-order valence-electron chi connectivity index (χ0n) is 10.7. The van der Waals surface area contributed by atoms with Gasteiger partial charge >= 0.3 is 5.89 Å². The number of hydrogen-bond acceptors (Lipinski definition) is 4. The van der Waals surface area contributed by atoms with Gasteiger partial charge in [0.05, 0.1) is 5.56 Å². The van der Waals surface area contributed by atoms with Crippen molar-refractivity contribution in [3.05, 3.63) is 32.6 Å². The molecule has 2 aromatic heterocycles. The molecule has 2 rings (SSSR count). The Labute approximate surface area is 115 Å².